The van der Waals surface area contributed by atoms with Crippen molar-refractivity contribution in [2.24, 2.45) is 0 Å². The van der Waals surface area contributed by atoms with Crippen LogP contribution in [0.15, 0.2) is 0 Å². The predicted octanol–water partition coefficient (Wildman–Crippen LogP) is 5.28. The molecule has 88 valence electrons. The van der Waals surface area contributed by atoms with Crippen LogP contribution in [-0.4, -0.2) is 21.1 Å². The van der Waals surface area contributed by atoms with Gasteiger partial charge in [0.1, 0.15) is 21.1 Å². The van der Waals surface area contributed by atoms with Gasteiger partial charge >= 0.3 is 0 Å². The molecule has 0 saturated carbocycles. The van der Waals surface area contributed by atoms with Crippen molar-refractivity contribution < 1.29 is 0 Å². The third kappa shape index (κ3) is 15.1. The van der Waals surface area contributed by atoms with Gasteiger partial charge in [-0.3, -0.25) is 0 Å². The van der Waals surface area contributed by atoms with E-state index in [4.69, 9.17) is 23.2 Å². The van der Waals surface area contributed by atoms with Gasteiger partial charge < -0.3 is 0 Å². The molecule has 0 saturated heterocycles. The molecule has 0 spiro atoms. The van der Waals surface area contributed by atoms with Crippen molar-refractivity contribution in [3.8, 4) is 0 Å². The summed E-state index contributed by atoms with van der Waals surface area (Å²) < 4.78 is 0. The molecule has 15 heavy (non-hydrogen) atoms. The summed E-state index contributed by atoms with van der Waals surface area (Å²) in [5, 5.41) is 1.26. The summed E-state index contributed by atoms with van der Waals surface area (Å²) in [6, 6.07) is 0. The molecule has 0 atom stereocenters. The van der Waals surface area contributed by atoms with Crippen LogP contribution in [0.5, 0.6) is 0 Å². The summed E-state index contributed by atoms with van der Waals surface area (Å²) in [5.74, 6) is 0. The second kappa shape index (κ2) is 13.2. The van der Waals surface area contributed by atoms with E-state index < -0.39 is 0 Å². The topological polar surface area (TPSA) is 0 Å². The Hall–Kier alpha value is 1.11. The lowest BCUT2D eigenvalue weighted by Gasteiger charge is -2.02. The third-order valence-electron chi connectivity index (χ3n) is 2.63. The van der Waals surface area contributed by atoms with Gasteiger partial charge in [-0.25, -0.2) is 0 Å². The largest absolute Gasteiger partial charge is 0.118 e. The number of hydrogen-bond acceptors (Lipinski definition) is 0. The fourth-order valence-corrected chi connectivity index (χ4v) is 2.28. The van der Waals surface area contributed by atoms with E-state index in [0.717, 1.165) is 6.42 Å². The van der Waals surface area contributed by atoms with E-state index in [1.165, 1.54) is 63.1 Å². The smallest absolute Gasteiger partial charge is 0.118 e. The number of unbranched alkanes of at least 4 members (excludes halogenated alkanes) is 8. The van der Waals surface area contributed by atoms with Crippen molar-refractivity contribution >= 4 is 39.5 Å². The van der Waals surface area contributed by atoms with Crippen molar-refractivity contribution in [1.29, 1.82) is 0 Å². The third-order valence-corrected chi connectivity index (χ3v) is 3.47. The van der Waals surface area contributed by atoms with Crippen LogP contribution in [0.2, 0.25) is 5.28 Å². The van der Waals surface area contributed by atoms with Crippen LogP contribution in [0.25, 0.3) is 0 Å². The highest BCUT2D eigenvalue weighted by Crippen LogP contribution is 2.15. The first-order valence-corrected chi connectivity index (χ1v) is 7.94. The quantitative estimate of drug-likeness (QED) is 0.271. The molecule has 0 aromatic heterocycles. The maximum atomic E-state index is 5.65. The number of alkyl halides is 2. The van der Waals surface area contributed by atoms with Gasteiger partial charge in [0, 0.05) is 0 Å². The van der Waals surface area contributed by atoms with E-state index >= 15 is 0 Å². The Bertz CT molecular complexity index is 118. The minimum atomic E-state index is -0.156. The summed E-state index contributed by atoms with van der Waals surface area (Å²) in [7, 11) is 0. The molecule has 0 bridgehead atoms. The molecule has 0 aromatic rings. The highest BCUT2D eigenvalue weighted by molar-refractivity contribution is 6.44. The Morgan fingerprint density at radius 2 is 1.07 bits per heavy atom. The summed E-state index contributed by atoms with van der Waals surface area (Å²) in [6.07, 6.45) is 13.2. The van der Waals surface area contributed by atoms with Gasteiger partial charge in [0.05, 0.1) is 0 Å². The molecule has 0 amide bonds. The molecule has 0 N–H and O–H groups in total. The molecular weight excluding hydrogens is 242 g/mol. The Morgan fingerprint density at radius 1 is 0.667 bits per heavy atom. The fourth-order valence-electron chi connectivity index (χ4n) is 1.68. The fraction of sp³-hybridized carbons (Fsp3) is 1.00. The standard InChI is InChI=1S/C12H23Cl2.Al/c1-2-3-4-5-6-7-8-9-10-11-12(13)14;/h12H,1-11H2;. The number of rotatable bonds is 11. The lowest BCUT2D eigenvalue weighted by Crippen LogP contribution is -1.87. The molecule has 0 aliphatic heterocycles. The second-order valence-corrected chi connectivity index (χ2v) is 6.00. The lowest BCUT2D eigenvalue weighted by molar-refractivity contribution is 0.561. The van der Waals surface area contributed by atoms with E-state index in [-0.39, 0.29) is 4.84 Å². The first kappa shape index (κ1) is 16.1. The van der Waals surface area contributed by atoms with Gasteiger partial charge in [-0.2, -0.15) is 0 Å². The molecule has 3 heteroatoms. The SMILES string of the molecule is [Al][CH2]CCCCCCCCCCC(Cl)Cl. The molecule has 2 radical (unpaired) electrons. The van der Waals surface area contributed by atoms with Crippen molar-refractivity contribution in [2.75, 3.05) is 0 Å². The monoisotopic (exact) mass is 264 g/mol. The zero-order chi connectivity index (χ0) is 11.4. The molecule has 0 heterocycles. The van der Waals surface area contributed by atoms with Crippen LogP contribution >= 0.6 is 23.2 Å². The van der Waals surface area contributed by atoms with E-state index in [0.29, 0.717) is 0 Å². The molecule has 0 unspecified atom stereocenters. The number of hydrogen-bond donors (Lipinski definition) is 0. The van der Waals surface area contributed by atoms with E-state index in [9.17, 15) is 0 Å². The molecular formula is C12H23AlCl2. The Morgan fingerprint density at radius 3 is 1.47 bits per heavy atom. The van der Waals surface area contributed by atoms with Crippen LogP contribution in [0, 0.1) is 0 Å². The lowest BCUT2D eigenvalue weighted by atomic mass is 10.1. The Labute approximate surface area is 114 Å². The van der Waals surface area contributed by atoms with Crippen LogP contribution in [0.1, 0.15) is 64.2 Å². The molecule has 0 rings (SSSR count). The minimum absolute atomic E-state index is 0.156. The van der Waals surface area contributed by atoms with Crippen LogP contribution in [0.4, 0.5) is 0 Å². The molecule has 0 aliphatic carbocycles. The van der Waals surface area contributed by atoms with Crippen LogP contribution in [0.3, 0.4) is 0 Å². The average molecular weight is 265 g/mol. The van der Waals surface area contributed by atoms with Crippen LogP contribution in [-0.2, 0) is 0 Å². The zero-order valence-corrected chi connectivity index (χ0v) is 12.4. The first-order valence-electron chi connectivity index (χ1n) is 6.25. The average Bonchev–Trinajstić information content (AvgIpc) is 2.20. The predicted molar refractivity (Wildman–Crippen MR) is 72.2 cm³/mol. The first-order chi connectivity index (χ1) is 7.27. The maximum absolute atomic E-state index is 5.65. The second-order valence-electron chi connectivity index (χ2n) is 4.15. The minimum Gasteiger partial charge on any atom is -0.118 e. The van der Waals surface area contributed by atoms with Gasteiger partial charge in [-0.15, -0.1) is 28.5 Å². The molecule has 0 nitrogen and oxygen atoms in total. The zero-order valence-electron chi connectivity index (χ0n) is 9.69. The number of halogens is 2. The Balaban J connectivity index is 2.87. The van der Waals surface area contributed by atoms with Crippen molar-refractivity contribution in [3.63, 3.8) is 0 Å². The van der Waals surface area contributed by atoms with E-state index in [1.54, 1.807) is 0 Å². The molecule has 0 aliphatic rings. The van der Waals surface area contributed by atoms with Crippen molar-refractivity contribution in [1.82, 2.24) is 0 Å². The molecule has 0 aromatic carbocycles. The summed E-state index contributed by atoms with van der Waals surface area (Å²) >= 11 is 14.1. The Kier molecular flexibility index (Phi) is 14.2. The van der Waals surface area contributed by atoms with Gasteiger partial charge in [0.2, 0.25) is 0 Å². The molecule has 0 fully saturated rings. The highest BCUT2D eigenvalue weighted by atomic mass is 35.5. The summed E-state index contributed by atoms with van der Waals surface area (Å²) in [4.78, 5) is -0.156. The summed E-state index contributed by atoms with van der Waals surface area (Å²) in [6.45, 7) is 0. The highest BCUT2D eigenvalue weighted by Gasteiger charge is 1.97. The maximum Gasteiger partial charge on any atom is 0.118 e. The normalized spacial score (nSPS) is 11.1. The van der Waals surface area contributed by atoms with E-state index in [2.05, 4.69) is 16.3 Å². The summed E-state index contributed by atoms with van der Waals surface area (Å²) in [5.41, 5.74) is 0. The van der Waals surface area contributed by atoms with E-state index in [1.807, 2.05) is 0 Å². The van der Waals surface area contributed by atoms with Gasteiger partial charge in [-0.05, 0) is 6.42 Å². The van der Waals surface area contributed by atoms with Gasteiger partial charge in [-0.1, -0.05) is 57.8 Å². The van der Waals surface area contributed by atoms with Crippen molar-refractivity contribution in [3.05, 3.63) is 0 Å². The van der Waals surface area contributed by atoms with Gasteiger partial charge in [0.15, 0.2) is 0 Å². The van der Waals surface area contributed by atoms with Crippen molar-refractivity contribution in [2.45, 2.75) is 74.3 Å². The van der Waals surface area contributed by atoms with Gasteiger partial charge in [0.25, 0.3) is 0 Å². The van der Waals surface area contributed by atoms with Crippen LogP contribution < -0.4 is 0 Å².